The van der Waals surface area contributed by atoms with Gasteiger partial charge in [0.05, 0.1) is 0 Å². The van der Waals surface area contributed by atoms with E-state index in [0.29, 0.717) is 15.6 Å². The van der Waals surface area contributed by atoms with Crippen LogP contribution < -0.4 is 11.1 Å². The molecule has 0 aromatic heterocycles. The van der Waals surface area contributed by atoms with Crippen LogP contribution in [0.25, 0.3) is 0 Å². The van der Waals surface area contributed by atoms with E-state index in [2.05, 4.69) is 5.32 Å². The zero-order valence-corrected chi connectivity index (χ0v) is 12.4. The first-order chi connectivity index (χ1) is 9.49. The van der Waals surface area contributed by atoms with Crippen molar-refractivity contribution in [2.75, 3.05) is 5.32 Å². The first kappa shape index (κ1) is 14.7. The fourth-order valence-electron chi connectivity index (χ4n) is 1.89. The molecule has 0 aliphatic rings. The van der Waals surface area contributed by atoms with Gasteiger partial charge in [0.15, 0.2) is 0 Å². The predicted molar refractivity (Wildman–Crippen MR) is 83.2 cm³/mol. The van der Waals surface area contributed by atoms with Gasteiger partial charge < -0.3 is 11.1 Å². The van der Waals surface area contributed by atoms with Crippen LogP contribution in [0.3, 0.4) is 0 Å². The van der Waals surface area contributed by atoms with Crippen LogP contribution in [-0.4, -0.2) is 5.91 Å². The van der Waals surface area contributed by atoms with Crippen molar-refractivity contribution in [3.63, 3.8) is 0 Å². The van der Waals surface area contributed by atoms with Gasteiger partial charge >= 0.3 is 0 Å². The summed E-state index contributed by atoms with van der Waals surface area (Å²) in [7, 11) is 0. The molecule has 1 atom stereocenters. The summed E-state index contributed by atoms with van der Waals surface area (Å²) < 4.78 is 0. The summed E-state index contributed by atoms with van der Waals surface area (Å²) in [4.78, 5) is 11.7. The largest absolute Gasteiger partial charge is 0.370 e. The Morgan fingerprint density at radius 1 is 1.10 bits per heavy atom. The van der Waals surface area contributed by atoms with Crippen LogP contribution >= 0.6 is 23.2 Å². The first-order valence-corrected chi connectivity index (χ1v) is 6.81. The van der Waals surface area contributed by atoms with Crippen molar-refractivity contribution in [3.8, 4) is 0 Å². The second kappa shape index (κ2) is 6.16. The average molecular weight is 309 g/mol. The molecule has 0 saturated carbocycles. The molecule has 0 radical (unpaired) electrons. The first-order valence-electron chi connectivity index (χ1n) is 6.05. The van der Waals surface area contributed by atoms with Gasteiger partial charge in [-0.05, 0) is 31.2 Å². The van der Waals surface area contributed by atoms with Gasteiger partial charge in [0.2, 0.25) is 5.91 Å². The summed E-state index contributed by atoms with van der Waals surface area (Å²) in [6.45, 7) is 1.99. The third kappa shape index (κ3) is 3.24. The van der Waals surface area contributed by atoms with Crippen molar-refractivity contribution in [3.05, 3.63) is 63.6 Å². The quantitative estimate of drug-likeness (QED) is 0.899. The minimum Gasteiger partial charge on any atom is -0.370 e. The highest BCUT2D eigenvalue weighted by atomic mass is 35.5. The van der Waals surface area contributed by atoms with Crippen molar-refractivity contribution < 1.29 is 4.79 Å². The summed E-state index contributed by atoms with van der Waals surface area (Å²) in [5.74, 6) is -0.541. The number of amides is 1. The Labute approximate surface area is 127 Å². The maximum absolute atomic E-state index is 11.7. The van der Waals surface area contributed by atoms with E-state index in [1.54, 1.807) is 18.2 Å². The van der Waals surface area contributed by atoms with Crippen molar-refractivity contribution in [1.82, 2.24) is 0 Å². The highest BCUT2D eigenvalue weighted by Crippen LogP contribution is 2.32. The van der Waals surface area contributed by atoms with E-state index in [4.69, 9.17) is 28.9 Å². The number of nitrogens with two attached hydrogens (primary N) is 1. The van der Waals surface area contributed by atoms with Crippen LogP contribution in [0.4, 0.5) is 5.69 Å². The van der Waals surface area contributed by atoms with E-state index in [1.165, 1.54) is 0 Å². The molecule has 3 N–H and O–H groups in total. The fraction of sp³-hybridized carbons (Fsp3) is 0.133. The Hall–Kier alpha value is -1.71. The molecule has 0 fully saturated rings. The van der Waals surface area contributed by atoms with Crippen molar-refractivity contribution >= 4 is 34.8 Å². The number of rotatable bonds is 4. The van der Waals surface area contributed by atoms with Crippen LogP contribution in [0.5, 0.6) is 0 Å². The number of primary amides is 1. The number of benzene rings is 2. The molecule has 1 unspecified atom stereocenters. The predicted octanol–water partition coefficient (Wildman–Crippen LogP) is 3.94. The molecule has 104 valence electrons. The highest BCUT2D eigenvalue weighted by Gasteiger charge is 2.23. The molecule has 0 heterocycles. The van der Waals surface area contributed by atoms with Gasteiger partial charge in [-0.25, -0.2) is 0 Å². The van der Waals surface area contributed by atoms with Gasteiger partial charge in [0.1, 0.15) is 6.04 Å². The summed E-state index contributed by atoms with van der Waals surface area (Å²) in [6.07, 6.45) is 0. The van der Waals surface area contributed by atoms with Crippen LogP contribution in [0.1, 0.15) is 17.2 Å². The molecular formula is C15H14Cl2N2O. The number of anilines is 1. The summed E-state index contributed by atoms with van der Waals surface area (Å²) >= 11 is 12.3. The smallest absolute Gasteiger partial charge is 0.244 e. The Morgan fingerprint density at radius 3 is 2.15 bits per heavy atom. The number of carbonyl (C=O) groups excluding carboxylic acids is 1. The van der Waals surface area contributed by atoms with Crippen LogP contribution in [0.15, 0.2) is 42.5 Å². The van der Waals surface area contributed by atoms with Crippen molar-refractivity contribution in [2.24, 2.45) is 5.73 Å². The van der Waals surface area contributed by atoms with E-state index in [0.717, 1.165) is 11.3 Å². The Kier molecular flexibility index (Phi) is 4.53. The molecule has 0 spiro atoms. The SMILES string of the molecule is Cc1ccc(NC(C(N)=O)c2c(Cl)cccc2Cl)cc1. The highest BCUT2D eigenvalue weighted by molar-refractivity contribution is 6.36. The second-order valence-corrected chi connectivity index (χ2v) is 5.30. The zero-order chi connectivity index (χ0) is 14.7. The molecule has 0 aliphatic carbocycles. The fourth-order valence-corrected chi connectivity index (χ4v) is 2.50. The minimum absolute atomic E-state index is 0.404. The molecule has 20 heavy (non-hydrogen) atoms. The summed E-state index contributed by atoms with van der Waals surface area (Å²) in [6, 6.07) is 11.9. The normalized spacial score (nSPS) is 11.9. The Balaban J connectivity index is 2.37. The summed E-state index contributed by atoms with van der Waals surface area (Å²) in [5, 5.41) is 3.87. The van der Waals surface area contributed by atoms with Crippen molar-refractivity contribution in [1.29, 1.82) is 0 Å². The number of nitrogens with one attached hydrogen (secondary N) is 1. The van der Waals surface area contributed by atoms with Gasteiger partial charge in [-0.15, -0.1) is 0 Å². The van der Waals surface area contributed by atoms with Gasteiger partial charge in [-0.2, -0.15) is 0 Å². The monoisotopic (exact) mass is 308 g/mol. The number of aryl methyl sites for hydroxylation is 1. The molecule has 5 heteroatoms. The van der Waals surface area contributed by atoms with E-state index in [-0.39, 0.29) is 0 Å². The lowest BCUT2D eigenvalue weighted by Crippen LogP contribution is -2.28. The third-order valence-electron chi connectivity index (χ3n) is 2.94. The van der Waals surface area contributed by atoms with Gasteiger partial charge in [0, 0.05) is 21.3 Å². The average Bonchev–Trinajstić information content (AvgIpc) is 2.39. The Morgan fingerprint density at radius 2 is 1.65 bits per heavy atom. The van der Waals surface area contributed by atoms with Crippen LogP contribution in [-0.2, 0) is 4.79 Å². The Bertz CT molecular complexity index is 606. The molecule has 2 aromatic rings. The molecule has 3 nitrogen and oxygen atoms in total. The third-order valence-corrected chi connectivity index (χ3v) is 3.59. The van der Waals surface area contributed by atoms with E-state index in [1.807, 2.05) is 31.2 Å². The standard InChI is InChI=1S/C15H14Cl2N2O/c1-9-5-7-10(8-6-9)19-14(15(18)20)13-11(16)3-2-4-12(13)17/h2-8,14,19H,1H3,(H2,18,20). The lowest BCUT2D eigenvalue weighted by Gasteiger charge is -2.19. The molecule has 0 aliphatic heterocycles. The maximum Gasteiger partial charge on any atom is 0.244 e. The zero-order valence-electron chi connectivity index (χ0n) is 10.9. The lowest BCUT2D eigenvalue weighted by molar-refractivity contribution is -0.118. The molecule has 2 aromatic carbocycles. The van der Waals surface area contributed by atoms with E-state index in [9.17, 15) is 4.79 Å². The number of hydrogen-bond donors (Lipinski definition) is 2. The number of carbonyl (C=O) groups is 1. The lowest BCUT2D eigenvalue weighted by atomic mass is 10.1. The van der Waals surface area contributed by atoms with E-state index >= 15 is 0 Å². The molecule has 0 bridgehead atoms. The second-order valence-electron chi connectivity index (χ2n) is 4.48. The van der Waals surface area contributed by atoms with Crippen LogP contribution in [0, 0.1) is 6.92 Å². The topological polar surface area (TPSA) is 55.1 Å². The van der Waals surface area contributed by atoms with Gasteiger partial charge in [-0.3, -0.25) is 4.79 Å². The molecule has 0 saturated heterocycles. The summed E-state index contributed by atoms with van der Waals surface area (Å²) in [5.41, 5.74) is 7.86. The molecule has 1 amide bonds. The minimum atomic E-state index is -0.779. The van der Waals surface area contributed by atoms with Gasteiger partial charge in [-0.1, -0.05) is 47.0 Å². The molecular weight excluding hydrogens is 295 g/mol. The van der Waals surface area contributed by atoms with Crippen molar-refractivity contribution in [2.45, 2.75) is 13.0 Å². The van der Waals surface area contributed by atoms with Gasteiger partial charge in [0.25, 0.3) is 0 Å². The van der Waals surface area contributed by atoms with E-state index < -0.39 is 11.9 Å². The maximum atomic E-state index is 11.7. The molecule has 2 rings (SSSR count). The number of halogens is 2. The van der Waals surface area contributed by atoms with Crippen LogP contribution in [0.2, 0.25) is 10.0 Å². The number of hydrogen-bond acceptors (Lipinski definition) is 2.